The molecule has 28 heavy (non-hydrogen) atoms. The van der Waals surface area contributed by atoms with Gasteiger partial charge in [0.2, 0.25) is 11.8 Å². The van der Waals surface area contributed by atoms with Crippen LogP contribution >= 0.6 is 0 Å². The van der Waals surface area contributed by atoms with Gasteiger partial charge in [0.1, 0.15) is 0 Å². The van der Waals surface area contributed by atoms with E-state index >= 15 is 0 Å². The minimum atomic E-state index is -0.0975. The molecule has 1 N–H and O–H groups in total. The van der Waals surface area contributed by atoms with E-state index in [0.717, 1.165) is 35.6 Å². The molecule has 1 aromatic carbocycles. The van der Waals surface area contributed by atoms with Gasteiger partial charge in [-0.05, 0) is 62.2 Å². The van der Waals surface area contributed by atoms with Gasteiger partial charge in [0.15, 0.2) is 0 Å². The van der Waals surface area contributed by atoms with Crippen LogP contribution in [0.5, 0.6) is 0 Å². The number of aryl methyl sites for hydroxylation is 1. The standard InChI is InChI=1S/C22H30N4O2/c1-5-25(6-2)20-7-8-21(17(3)15-20)24-22(28)11-14-26(18(4)27)16-19-9-12-23-13-10-19/h7-10,12-13,15H,5-6,11,14,16H2,1-4H3,(H,24,28). The summed E-state index contributed by atoms with van der Waals surface area (Å²) in [6.07, 6.45) is 3.65. The van der Waals surface area contributed by atoms with E-state index in [0.29, 0.717) is 13.1 Å². The van der Waals surface area contributed by atoms with Crippen molar-refractivity contribution >= 4 is 23.2 Å². The Labute approximate surface area is 167 Å². The molecule has 0 aliphatic heterocycles. The van der Waals surface area contributed by atoms with Gasteiger partial charge in [-0.3, -0.25) is 14.6 Å². The second-order valence-corrected chi connectivity index (χ2v) is 6.77. The molecular weight excluding hydrogens is 352 g/mol. The van der Waals surface area contributed by atoms with Crippen molar-refractivity contribution in [3.05, 3.63) is 53.9 Å². The van der Waals surface area contributed by atoms with Crippen LogP contribution in [0.15, 0.2) is 42.7 Å². The van der Waals surface area contributed by atoms with Crippen molar-refractivity contribution in [1.82, 2.24) is 9.88 Å². The second kappa shape index (κ2) is 10.4. The summed E-state index contributed by atoms with van der Waals surface area (Å²) in [5.41, 5.74) is 3.98. The van der Waals surface area contributed by atoms with Gasteiger partial charge in [-0.25, -0.2) is 0 Å². The third-order valence-corrected chi connectivity index (χ3v) is 4.79. The van der Waals surface area contributed by atoms with Gasteiger partial charge in [-0.15, -0.1) is 0 Å². The van der Waals surface area contributed by atoms with Gasteiger partial charge in [-0.2, -0.15) is 0 Å². The van der Waals surface area contributed by atoms with E-state index in [1.807, 2.05) is 31.2 Å². The third kappa shape index (κ3) is 6.08. The zero-order chi connectivity index (χ0) is 20.5. The molecule has 6 heteroatoms. The Balaban J connectivity index is 1.94. The molecule has 1 aromatic heterocycles. The van der Waals surface area contributed by atoms with E-state index < -0.39 is 0 Å². The number of hydrogen-bond acceptors (Lipinski definition) is 4. The molecule has 0 saturated heterocycles. The Morgan fingerprint density at radius 1 is 1.07 bits per heavy atom. The molecule has 0 aliphatic carbocycles. The Kier molecular flexibility index (Phi) is 7.99. The number of hydrogen-bond donors (Lipinski definition) is 1. The molecule has 6 nitrogen and oxygen atoms in total. The van der Waals surface area contributed by atoms with E-state index in [1.54, 1.807) is 17.3 Å². The molecule has 0 unspecified atom stereocenters. The highest BCUT2D eigenvalue weighted by molar-refractivity contribution is 5.92. The van der Waals surface area contributed by atoms with Crippen LogP contribution < -0.4 is 10.2 Å². The fourth-order valence-corrected chi connectivity index (χ4v) is 3.08. The number of aromatic nitrogens is 1. The van der Waals surface area contributed by atoms with Crippen LogP contribution in [0.3, 0.4) is 0 Å². The second-order valence-electron chi connectivity index (χ2n) is 6.77. The van der Waals surface area contributed by atoms with E-state index in [1.165, 1.54) is 6.92 Å². The van der Waals surface area contributed by atoms with Crippen LogP contribution in [0.2, 0.25) is 0 Å². The first-order valence-corrected chi connectivity index (χ1v) is 9.74. The summed E-state index contributed by atoms with van der Waals surface area (Å²) in [6.45, 7) is 10.5. The quantitative estimate of drug-likeness (QED) is 0.719. The van der Waals surface area contributed by atoms with Crippen LogP contribution in [0, 0.1) is 6.92 Å². The molecule has 0 radical (unpaired) electrons. The molecular formula is C22H30N4O2. The number of pyridine rings is 1. The molecule has 2 amide bonds. The van der Waals surface area contributed by atoms with Crippen LogP contribution in [0.1, 0.15) is 38.3 Å². The molecule has 0 atom stereocenters. The van der Waals surface area contributed by atoms with Crippen LogP contribution in [-0.2, 0) is 16.1 Å². The van der Waals surface area contributed by atoms with Crippen molar-refractivity contribution < 1.29 is 9.59 Å². The number of carbonyl (C=O) groups is 2. The minimum absolute atomic E-state index is 0.0515. The topological polar surface area (TPSA) is 65.5 Å². The largest absolute Gasteiger partial charge is 0.372 e. The monoisotopic (exact) mass is 382 g/mol. The number of nitrogens with zero attached hydrogens (tertiary/aromatic N) is 3. The minimum Gasteiger partial charge on any atom is -0.372 e. The van der Waals surface area contributed by atoms with Gasteiger partial charge in [0.25, 0.3) is 0 Å². The Morgan fingerprint density at radius 2 is 1.75 bits per heavy atom. The lowest BCUT2D eigenvalue weighted by Gasteiger charge is -2.23. The lowest BCUT2D eigenvalue weighted by Crippen LogP contribution is -2.31. The van der Waals surface area contributed by atoms with Gasteiger partial charge in [-0.1, -0.05) is 0 Å². The Bertz CT molecular complexity index is 788. The molecule has 0 saturated carbocycles. The van der Waals surface area contributed by atoms with E-state index in [-0.39, 0.29) is 18.2 Å². The average molecular weight is 383 g/mol. The summed E-state index contributed by atoms with van der Waals surface area (Å²) >= 11 is 0. The first-order valence-electron chi connectivity index (χ1n) is 9.74. The summed E-state index contributed by atoms with van der Waals surface area (Å²) in [7, 11) is 0. The fourth-order valence-electron chi connectivity index (χ4n) is 3.08. The van der Waals surface area contributed by atoms with Gasteiger partial charge < -0.3 is 15.1 Å². The predicted octanol–water partition coefficient (Wildman–Crippen LogP) is 3.61. The van der Waals surface area contributed by atoms with E-state index in [9.17, 15) is 9.59 Å². The maximum atomic E-state index is 12.4. The Hall–Kier alpha value is -2.89. The number of rotatable bonds is 9. The van der Waals surface area contributed by atoms with E-state index in [2.05, 4.69) is 35.1 Å². The highest BCUT2D eigenvalue weighted by Gasteiger charge is 2.13. The summed E-state index contributed by atoms with van der Waals surface area (Å²) in [5, 5.41) is 2.97. The lowest BCUT2D eigenvalue weighted by molar-refractivity contribution is -0.129. The fraction of sp³-hybridized carbons (Fsp3) is 0.409. The highest BCUT2D eigenvalue weighted by atomic mass is 16.2. The molecule has 0 fully saturated rings. The molecule has 1 heterocycles. The summed E-state index contributed by atoms with van der Waals surface area (Å²) in [6, 6.07) is 9.81. The first kappa shape index (κ1) is 21.4. The average Bonchev–Trinajstić information content (AvgIpc) is 2.68. The molecule has 0 aliphatic rings. The maximum Gasteiger partial charge on any atom is 0.226 e. The van der Waals surface area contributed by atoms with Crippen molar-refractivity contribution in [3.8, 4) is 0 Å². The zero-order valence-electron chi connectivity index (χ0n) is 17.2. The van der Waals surface area contributed by atoms with Crippen molar-refractivity contribution in [2.45, 2.75) is 40.7 Å². The normalized spacial score (nSPS) is 10.4. The van der Waals surface area contributed by atoms with Crippen molar-refractivity contribution in [2.24, 2.45) is 0 Å². The predicted molar refractivity (Wildman–Crippen MR) is 113 cm³/mol. The van der Waals surface area contributed by atoms with Crippen LogP contribution in [-0.4, -0.2) is 41.3 Å². The smallest absolute Gasteiger partial charge is 0.226 e. The Morgan fingerprint density at radius 3 is 2.32 bits per heavy atom. The van der Waals surface area contributed by atoms with Gasteiger partial charge >= 0.3 is 0 Å². The van der Waals surface area contributed by atoms with Gasteiger partial charge in [0, 0.05) is 63.3 Å². The van der Waals surface area contributed by atoms with Crippen molar-refractivity contribution in [1.29, 1.82) is 0 Å². The number of benzene rings is 1. The van der Waals surface area contributed by atoms with Crippen LogP contribution in [0.4, 0.5) is 11.4 Å². The first-order chi connectivity index (χ1) is 13.4. The highest BCUT2D eigenvalue weighted by Crippen LogP contribution is 2.22. The molecule has 0 bridgehead atoms. The molecule has 2 rings (SSSR count). The summed E-state index contributed by atoms with van der Waals surface area (Å²) in [4.78, 5) is 32.2. The van der Waals surface area contributed by atoms with E-state index in [4.69, 9.17) is 0 Å². The number of amides is 2. The zero-order valence-corrected chi connectivity index (χ0v) is 17.2. The third-order valence-electron chi connectivity index (χ3n) is 4.79. The lowest BCUT2D eigenvalue weighted by atomic mass is 10.1. The SMILES string of the molecule is CCN(CC)c1ccc(NC(=O)CCN(Cc2ccncc2)C(C)=O)c(C)c1. The number of anilines is 2. The van der Waals surface area contributed by atoms with Crippen LogP contribution in [0.25, 0.3) is 0 Å². The summed E-state index contributed by atoms with van der Waals surface area (Å²) in [5.74, 6) is -0.149. The molecule has 2 aromatic rings. The number of nitrogens with one attached hydrogen (secondary N) is 1. The van der Waals surface area contributed by atoms with Gasteiger partial charge in [0.05, 0.1) is 0 Å². The van der Waals surface area contributed by atoms with Crippen molar-refractivity contribution in [3.63, 3.8) is 0 Å². The van der Waals surface area contributed by atoms with Crippen molar-refractivity contribution in [2.75, 3.05) is 29.9 Å². The molecule has 0 spiro atoms. The number of carbonyl (C=O) groups excluding carboxylic acids is 2. The summed E-state index contributed by atoms with van der Waals surface area (Å²) < 4.78 is 0. The molecule has 150 valence electrons. The maximum absolute atomic E-state index is 12.4.